The predicted octanol–water partition coefficient (Wildman–Crippen LogP) is 2.70. The Bertz CT molecular complexity index is 757. The van der Waals surface area contributed by atoms with E-state index in [0.29, 0.717) is 5.56 Å². The van der Waals surface area contributed by atoms with Crippen LogP contribution in [0.4, 0.5) is 4.39 Å². The summed E-state index contributed by atoms with van der Waals surface area (Å²) in [5, 5.41) is 9.58. The lowest BCUT2D eigenvalue weighted by atomic mass is 10.1. The number of aliphatic hydroxyl groups excluding tert-OH is 1. The quantitative estimate of drug-likeness (QED) is 0.719. The molecule has 1 fully saturated rings. The smallest absolute Gasteiger partial charge is 0.338 e. The van der Waals surface area contributed by atoms with E-state index in [2.05, 4.69) is 0 Å². The van der Waals surface area contributed by atoms with Crippen LogP contribution in [0.25, 0.3) is 0 Å². The van der Waals surface area contributed by atoms with Crippen LogP contribution in [0.5, 0.6) is 0 Å². The summed E-state index contributed by atoms with van der Waals surface area (Å²) in [5.74, 6) is -1.38. The van der Waals surface area contributed by atoms with Crippen molar-refractivity contribution in [1.82, 2.24) is 0 Å². The predicted molar refractivity (Wildman–Crippen MR) is 98.5 cm³/mol. The number of alkyl halides is 1. The van der Waals surface area contributed by atoms with Crippen molar-refractivity contribution in [2.75, 3.05) is 6.61 Å². The molecule has 2 aromatic carbocycles. The van der Waals surface area contributed by atoms with Crippen molar-refractivity contribution in [3.8, 4) is 0 Å². The first-order chi connectivity index (χ1) is 12.6. The lowest BCUT2D eigenvalue weighted by Gasteiger charge is -2.19. The van der Waals surface area contributed by atoms with Crippen LogP contribution in [0, 0.1) is 0 Å². The van der Waals surface area contributed by atoms with Gasteiger partial charge in [-0.3, -0.25) is 0 Å². The molecule has 0 radical (unpaired) electrons. The van der Waals surface area contributed by atoms with Gasteiger partial charge in [-0.05, 0) is 24.3 Å². The van der Waals surface area contributed by atoms with Gasteiger partial charge in [0.1, 0.15) is 12.7 Å². The largest absolute Gasteiger partial charge is 0.459 e. The highest BCUT2D eigenvalue weighted by Gasteiger charge is 2.47. The molecule has 1 saturated heterocycles. The molecule has 27 heavy (non-hydrogen) atoms. The number of esters is 2. The van der Waals surface area contributed by atoms with E-state index < -0.39 is 36.6 Å². The topological polar surface area (TPSA) is 82.1 Å². The molecule has 0 bridgehead atoms. The van der Waals surface area contributed by atoms with Crippen molar-refractivity contribution < 1.29 is 33.3 Å². The van der Waals surface area contributed by atoms with Crippen molar-refractivity contribution in [1.29, 1.82) is 0 Å². The van der Waals surface area contributed by atoms with Crippen LogP contribution < -0.4 is 0 Å². The van der Waals surface area contributed by atoms with E-state index in [0.717, 1.165) is 0 Å². The summed E-state index contributed by atoms with van der Waals surface area (Å²) in [7, 11) is 0. The zero-order valence-corrected chi connectivity index (χ0v) is 15.8. The molecule has 4 atom stereocenters. The van der Waals surface area contributed by atoms with Gasteiger partial charge in [0.05, 0.1) is 11.1 Å². The van der Waals surface area contributed by atoms with E-state index in [1.165, 1.54) is 12.1 Å². The molecule has 0 saturated carbocycles. The molecule has 1 N–H and O–H groups in total. The molecule has 1 heterocycles. The van der Waals surface area contributed by atoms with E-state index >= 15 is 0 Å². The molecule has 3 rings (SSSR count). The van der Waals surface area contributed by atoms with Gasteiger partial charge in [-0.15, -0.1) is 17.0 Å². The second kappa shape index (κ2) is 9.59. The fraction of sp³-hybridized carbons (Fsp3) is 0.263. The van der Waals surface area contributed by atoms with E-state index in [9.17, 15) is 19.1 Å². The Morgan fingerprint density at radius 1 is 0.963 bits per heavy atom. The van der Waals surface area contributed by atoms with Gasteiger partial charge in [0.15, 0.2) is 18.6 Å². The molecule has 2 aromatic rings. The van der Waals surface area contributed by atoms with Gasteiger partial charge in [-0.2, -0.15) is 0 Å². The summed E-state index contributed by atoms with van der Waals surface area (Å²) >= 11 is 0. The third-order valence-electron chi connectivity index (χ3n) is 3.91. The molecule has 0 aromatic heterocycles. The number of carbonyl (C=O) groups excluding carboxylic acids is 2. The van der Waals surface area contributed by atoms with Crippen molar-refractivity contribution in [2.24, 2.45) is 0 Å². The van der Waals surface area contributed by atoms with Crippen LogP contribution in [0.3, 0.4) is 0 Å². The number of ether oxygens (including phenoxy) is 3. The van der Waals surface area contributed by atoms with Crippen molar-refractivity contribution in [2.45, 2.75) is 24.7 Å². The van der Waals surface area contributed by atoms with Crippen LogP contribution in [0.2, 0.25) is 0 Å². The monoisotopic (exact) mass is 440 g/mol. The molecule has 1 aliphatic rings. The maximum absolute atomic E-state index is 14.2. The Labute approximate surface area is 165 Å². The lowest BCUT2D eigenvalue weighted by Crippen LogP contribution is -2.37. The first-order valence-electron chi connectivity index (χ1n) is 8.02. The number of hydrogen-bond donors (Lipinski definition) is 1. The highest BCUT2D eigenvalue weighted by molar-refractivity contribution is 8.93. The maximum Gasteiger partial charge on any atom is 0.338 e. The highest BCUT2D eigenvalue weighted by atomic mass is 79.9. The van der Waals surface area contributed by atoms with Crippen LogP contribution >= 0.6 is 17.0 Å². The second-order valence-electron chi connectivity index (χ2n) is 5.71. The van der Waals surface area contributed by atoms with Crippen LogP contribution in [-0.4, -0.2) is 48.3 Å². The first kappa shape index (κ1) is 21.0. The Morgan fingerprint density at radius 2 is 1.48 bits per heavy atom. The van der Waals surface area contributed by atoms with Gasteiger partial charge in [0.25, 0.3) is 0 Å². The summed E-state index contributed by atoms with van der Waals surface area (Å²) in [6.07, 6.45) is -6.20. The van der Waals surface area contributed by atoms with Gasteiger partial charge >= 0.3 is 11.9 Å². The summed E-state index contributed by atoms with van der Waals surface area (Å²) in [4.78, 5) is 24.1. The number of halogens is 2. The average molecular weight is 441 g/mol. The number of aliphatic hydroxyl groups is 1. The fourth-order valence-corrected chi connectivity index (χ4v) is 2.56. The number of benzene rings is 2. The first-order valence-corrected chi connectivity index (χ1v) is 8.02. The average Bonchev–Trinajstić information content (AvgIpc) is 2.95. The number of hydrogen-bond acceptors (Lipinski definition) is 6. The van der Waals surface area contributed by atoms with Crippen molar-refractivity contribution in [3.63, 3.8) is 0 Å². The minimum absolute atomic E-state index is 0. The Kier molecular flexibility index (Phi) is 7.46. The number of carbonyl (C=O) groups is 2. The molecule has 144 valence electrons. The maximum atomic E-state index is 14.2. The lowest BCUT2D eigenvalue weighted by molar-refractivity contribution is -0.122. The van der Waals surface area contributed by atoms with Gasteiger partial charge in [-0.25, -0.2) is 14.0 Å². The van der Waals surface area contributed by atoms with E-state index in [4.69, 9.17) is 14.2 Å². The van der Waals surface area contributed by atoms with Crippen molar-refractivity contribution in [3.05, 3.63) is 71.8 Å². The second-order valence-corrected chi connectivity index (χ2v) is 5.71. The van der Waals surface area contributed by atoms with E-state index in [-0.39, 0.29) is 29.2 Å². The SMILES string of the molecule is Br.O=C(OC[C@H]1O[C@H](O)[C@@H](F)[C@@H]1OC(=O)c1ccccc1)c1ccccc1. The summed E-state index contributed by atoms with van der Waals surface area (Å²) in [6.45, 7) is -0.363. The zero-order valence-electron chi connectivity index (χ0n) is 14.1. The zero-order chi connectivity index (χ0) is 18.5. The molecular formula is C19H18BrFO6. The Hall–Kier alpha value is -2.29. The minimum atomic E-state index is -1.94. The normalized spacial score (nSPS) is 23.9. The summed E-state index contributed by atoms with van der Waals surface area (Å²) in [6, 6.07) is 16.3. The highest BCUT2D eigenvalue weighted by Crippen LogP contribution is 2.26. The standard InChI is InChI=1S/C19H17FO6.BrH/c20-15-16(26-18(22)13-9-5-2-6-10-13)14(25-19(15)23)11-24-17(21)12-7-3-1-4-8-12;/h1-10,14-16,19,23H,11H2;1H/t14-,15+,16-,19+;/m1./s1. The Morgan fingerprint density at radius 3 is 2.04 bits per heavy atom. The van der Waals surface area contributed by atoms with Gasteiger partial charge in [0, 0.05) is 0 Å². The number of rotatable bonds is 5. The Balaban J connectivity index is 0.00000261. The molecule has 0 spiro atoms. The fourth-order valence-electron chi connectivity index (χ4n) is 2.56. The minimum Gasteiger partial charge on any atom is -0.459 e. The third kappa shape index (κ3) is 5.12. The van der Waals surface area contributed by atoms with Crippen LogP contribution in [0.1, 0.15) is 20.7 Å². The van der Waals surface area contributed by atoms with Crippen molar-refractivity contribution >= 4 is 28.9 Å². The molecule has 0 aliphatic carbocycles. The molecule has 1 aliphatic heterocycles. The summed E-state index contributed by atoms with van der Waals surface area (Å²) in [5.41, 5.74) is 0.557. The van der Waals surface area contributed by atoms with Crippen LogP contribution in [0.15, 0.2) is 60.7 Å². The van der Waals surface area contributed by atoms with Gasteiger partial charge in [-0.1, -0.05) is 36.4 Å². The van der Waals surface area contributed by atoms with Gasteiger partial charge < -0.3 is 19.3 Å². The third-order valence-corrected chi connectivity index (χ3v) is 3.91. The summed E-state index contributed by atoms with van der Waals surface area (Å²) < 4.78 is 29.4. The van der Waals surface area contributed by atoms with Crippen LogP contribution in [-0.2, 0) is 14.2 Å². The molecule has 6 nitrogen and oxygen atoms in total. The molecule has 0 unspecified atom stereocenters. The molecule has 8 heteroatoms. The van der Waals surface area contributed by atoms with Gasteiger partial charge in [0.2, 0.25) is 0 Å². The van der Waals surface area contributed by atoms with E-state index in [1.54, 1.807) is 48.5 Å². The molecular weight excluding hydrogens is 423 g/mol. The van der Waals surface area contributed by atoms with E-state index in [1.807, 2.05) is 0 Å². The molecule has 0 amide bonds.